The summed E-state index contributed by atoms with van der Waals surface area (Å²) >= 11 is 0. The lowest BCUT2D eigenvalue weighted by Crippen LogP contribution is -2.43. The van der Waals surface area contributed by atoms with Gasteiger partial charge >= 0.3 is 12.1 Å². The van der Waals surface area contributed by atoms with Gasteiger partial charge in [0, 0.05) is 38.6 Å². The van der Waals surface area contributed by atoms with Crippen LogP contribution in [0.15, 0.2) is 59.8 Å². The minimum atomic E-state index is -5.08. The van der Waals surface area contributed by atoms with Crippen molar-refractivity contribution in [2.75, 3.05) is 33.3 Å². The molecule has 1 aromatic heterocycles. The van der Waals surface area contributed by atoms with Crippen LogP contribution in [0.2, 0.25) is 0 Å². The van der Waals surface area contributed by atoms with E-state index >= 15 is 0 Å². The number of rotatable bonds is 6. The van der Waals surface area contributed by atoms with Crippen LogP contribution in [0.1, 0.15) is 24.8 Å². The first-order valence-corrected chi connectivity index (χ1v) is 12.9. The van der Waals surface area contributed by atoms with Crippen molar-refractivity contribution in [3.8, 4) is 0 Å². The molecule has 4 rings (SSSR count). The third kappa shape index (κ3) is 7.48. The number of halogens is 3. The Balaban J connectivity index is 0.000000454. The summed E-state index contributed by atoms with van der Waals surface area (Å²) in [6.07, 6.45) is 1.54. The molecule has 1 atom stereocenters. The predicted octanol–water partition coefficient (Wildman–Crippen LogP) is 3.41. The van der Waals surface area contributed by atoms with Gasteiger partial charge in [-0.05, 0) is 55.5 Å². The van der Waals surface area contributed by atoms with Crippen molar-refractivity contribution < 1.29 is 36.2 Å². The largest absolute Gasteiger partial charge is 0.490 e. The molecule has 3 heterocycles. The fraction of sp³-hybridized carbons (Fsp3) is 0.500. The van der Waals surface area contributed by atoms with Crippen LogP contribution in [0.4, 0.5) is 13.2 Å². The SMILES string of the molecule is CN(Cc1cccnc1)CC1CC2(CCN(S(=O)(=O)c3ccccc3)CC2)CO1.O=C(O)C(F)(F)F. The van der Waals surface area contributed by atoms with E-state index in [9.17, 15) is 21.6 Å². The minimum absolute atomic E-state index is 0.114. The average Bonchev–Trinajstić information content (AvgIpc) is 3.21. The highest BCUT2D eigenvalue weighted by atomic mass is 32.2. The predicted molar refractivity (Wildman–Crippen MR) is 125 cm³/mol. The van der Waals surface area contributed by atoms with Gasteiger partial charge in [-0.15, -0.1) is 0 Å². The van der Waals surface area contributed by atoms with Crippen molar-refractivity contribution in [1.29, 1.82) is 0 Å². The van der Waals surface area contributed by atoms with Gasteiger partial charge in [0.2, 0.25) is 10.0 Å². The van der Waals surface area contributed by atoms with E-state index in [0.29, 0.717) is 18.0 Å². The first-order chi connectivity index (χ1) is 16.9. The summed E-state index contributed by atoms with van der Waals surface area (Å²) in [7, 11) is -1.29. The molecule has 0 saturated carbocycles. The number of benzene rings is 1. The van der Waals surface area contributed by atoms with Crippen molar-refractivity contribution in [1.82, 2.24) is 14.2 Å². The summed E-state index contributed by atoms with van der Waals surface area (Å²) in [4.78, 5) is 15.7. The van der Waals surface area contributed by atoms with Gasteiger partial charge in [-0.2, -0.15) is 17.5 Å². The molecule has 1 spiro atoms. The zero-order valence-electron chi connectivity index (χ0n) is 19.9. The zero-order valence-corrected chi connectivity index (χ0v) is 20.7. The molecular weight excluding hydrogens is 499 g/mol. The summed E-state index contributed by atoms with van der Waals surface area (Å²) < 4.78 is 65.2. The van der Waals surface area contributed by atoms with Gasteiger partial charge in [0.25, 0.3) is 0 Å². The second kappa shape index (κ2) is 11.7. The average molecular weight is 530 g/mol. The van der Waals surface area contributed by atoms with Gasteiger partial charge < -0.3 is 9.84 Å². The zero-order chi connectivity index (χ0) is 26.4. The van der Waals surface area contributed by atoms with Crippen molar-refractivity contribution in [2.24, 2.45) is 5.41 Å². The summed E-state index contributed by atoms with van der Waals surface area (Å²) in [5, 5.41) is 7.12. The molecule has 1 aromatic carbocycles. The topological polar surface area (TPSA) is 100 Å². The fourth-order valence-corrected chi connectivity index (χ4v) is 5.98. The standard InChI is InChI=1S/C22H29N3O3S.C2HF3O2/c1-24(16-19-6-5-11-23-15-19)17-20-14-22(18-28-20)9-12-25(13-10-22)29(26,27)21-7-3-2-4-8-21;3-2(4,5)1(6)7/h2-8,11,15,20H,9-10,12-14,16-18H2,1H3;(H,6,7). The van der Waals surface area contributed by atoms with E-state index in [2.05, 4.69) is 23.0 Å². The number of alkyl halides is 3. The van der Waals surface area contributed by atoms with Gasteiger partial charge in [0.1, 0.15) is 0 Å². The lowest BCUT2D eigenvalue weighted by Gasteiger charge is -2.37. The Kier molecular flexibility index (Phi) is 9.09. The van der Waals surface area contributed by atoms with Gasteiger partial charge in [0.15, 0.2) is 0 Å². The van der Waals surface area contributed by atoms with Crippen molar-refractivity contribution in [3.05, 3.63) is 60.4 Å². The highest BCUT2D eigenvalue weighted by molar-refractivity contribution is 7.89. The summed E-state index contributed by atoms with van der Waals surface area (Å²) in [6, 6.07) is 12.8. The molecule has 0 amide bonds. The highest BCUT2D eigenvalue weighted by Gasteiger charge is 2.44. The van der Waals surface area contributed by atoms with E-state index in [1.54, 1.807) is 34.8 Å². The van der Waals surface area contributed by atoms with E-state index in [1.807, 2.05) is 18.3 Å². The Morgan fingerprint density at radius 3 is 2.39 bits per heavy atom. The molecule has 1 unspecified atom stereocenters. The van der Waals surface area contributed by atoms with Crippen molar-refractivity contribution in [3.63, 3.8) is 0 Å². The van der Waals surface area contributed by atoms with E-state index < -0.39 is 22.2 Å². The number of pyridine rings is 1. The number of aliphatic carboxylic acids is 1. The molecule has 2 aliphatic heterocycles. The Morgan fingerprint density at radius 2 is 1.83 bits per heavy atom. The number of piperidine rings is 1. The van der Waals surface area contributed by atoms with Crippen LogP contribution in [0, 0.1) is 5.41 Å². The first kappa shape index (κ1) is 28.0. The molecule has 8 nitrogen and oxygen atoms in total. The fourth-order valence-electron chi connectivity index (χ4n) is 4.52. The second-order valence-electron chi connectivity index (χ2n) is 9.22. The molecule has 0 bridgehead atoms. The Hall–Kier alpha value is -2.54. The Bertz CT molecular complexity index is 1090. The highest BCUT2D eigenvalue weighted by Crippen LogP contribution is 2.43. The summed E-state index contributed by atoms with van der Waals surface area (Å²) in [6.45, 7) is 3.60. The van der Waals surface area contributed by atoms with Crippen LogP contribution in [0.5, 0.6) is 0 Å². The lowest BCUT2D eigenvalue weighted by atomic mass is 9.77. The third-order valence-electron chi connectivity index (χ3n) is 6.38. The maximum atomic E-state index is 12.9. The van der Waals surface area contributed by atoms with Gasteiger partial charge in [-0.3, -0.25) is 9.88 Å². The molecule has 36 heavy (non-hydrogen) atoms. The molecule has 0 radical (unpaired) electrons. The monoisotopic (exact) mass is 529 g/mol. The number of hydrogen-bond donors (Lipinski definition) is 1. The van der Waals surface area contributed by atoms with Crippen LogP contribution in [0.3, 0.4) is 0 Å². The van der Waals surface area contributed by atoms with Gasteiger partial charge in [-0.25, -0.2) is 13.2 Å². The van der Waals surface area contributed by atoms with Crippen LogP contribution in [0.25, 0.3) is 0 Å². The molecular formula is C24H30F3N3O5S. The molecule has 2 saturated heterocycles. The van der Waals surface area contributed by atoms with Crippen LogP contribution in [-0.2, 0) is 26.1 Å². The van der Waals surface area contributed by atoms with Gasteiger partial charge in [-0.1, -0.05) is 24.3 Å². The maximum absolute atomic E-state index is 12.9. The Morgan fingerprint density at radius 1 is 1.19 bits per heavy atom. The third-order valence-corrected chi connectivity index (χ3v) is 8.30. The summed E-state index contributed by atoms with van der Waals surface area (Å²) in [5.74, 6) is -2.76. The van der Waals surface area contributed by atoms with Crippen LogP contribution >= 0.6 is 0 Å². The molecule has 12 heteroatoms. The number of sulfonamides is 1. The van der Waals surface area contributed by atoms with Crippen LogP contribution in [-0.4, -0.2) is 79.3 Å². The second-order valence-corrected chi connectivity index (χ2v) is 11.2. The number of nitrogens with zero attached hydrogens (tertiary/aromatic N) is 3. The number of likely N-dealkylation sites (N-methyl/N-ethyl adjacent to an activating group) is 1. The molecule has 2 aliphatic rings. The maximum Gasteiger partial charge on any atom is 0.490 e. The number of aromatic nitrogens is 1. The Labute approximate surface area is 208 Å². The van der Waals surface area contributed by atoms with Crippen molar-refractivity contribution in [2.45, 2.75) is 43.0 Å². The molecule has 1 N–H and O–H groups in total. The number of hydrogen-bond acceptors (Lipinski definition) is 6. The first-order valence-electron chi connectivity index (χ1n) is 11.5. The quantitative estimate of drug-likeness (QED) is 0.612. The van der Waals surface area contributed by atoms with E-state index in [-0.39, 0.29) is 11.5 Å². The minimum Gasteiger partial charge on any atom is -0.475 e. The number of carboxylic acids is 1. The number of carbonyl (C=O) groups is 1. The molecule has 2 aromatic rings. The number of ether oxygens (including phenoxy) is 1. The molecule has 198 valence electrons. The summed E-state index contributed by atoms with van der Waals surface area (Å²) in [5.41, 5.74) is 1.31. The normalized spacial score (nSPS) is 20.2. The van der Waals surface area contributed by atoms with E-state index in [4.69, 9.17) is 14.6 Å². The van der Waals surface area contributed by atoms with Crippen LogP contribution < -0.4 is 0 Å². The molecule has 0 aliphatic carbocycles. The van der Waals surface area contributed by atoms with E-state index in [0.717, 1.165) is 39.0 Å². The number of carboxylic acid groups (broad SMARTS) is 1. The van der Waals surface area contributed by atoms with Crippen molar-refractivity contribution >= 4 is 16.0 Å². The molecule has 2 fully saturated rings. The van der Waals surface area contributed by atoms with E-state index in [1.165, 1.54) is 5.56 Å². The lowest BCUT2D eigenvalue weighted by molar-refractivity contribution is -0.192. The van der Waals surface area contributed by atoms with Gasteiger partial charge in [0.05, 0.1) is 17.6 Å². The smallest absolute Gasteiger partial charge is 0.475 e.